The normalized spacial score (nSPS) is 22.6. The summed E-state index contributed by atoms with van der Waals surface area (Å²) in [5.74, 6) is -1.94. The molecule has 0 aromatic carbocycles. The molecule has 2 rings (SSSR count). The minimum absolute atomic E-state index is 0.214. The molecule has 0 bridgehead atoms. The van der Waals surface area contributed by atoms with Crippen molar-refractivity contribution >= 4 is 17.4 Å². The molecular formula is C16H23ClF3NO. The number of halogens is 4. The van der Waals surface area contributed by atoms with E-state index in [0.29, 0.717) is 0 Å². The number of hydrogen-bond acceptors (Lipinski definition) is 2. The lowest BCUT2D eigenvalue weighted by Crippen LogP contribution is -2.42. The van der Waals surface area contributed by atoms with Crippen molar-refractivity contribution in [3.8, 4) is 0 Å². The third-order valence-electron chi connectivity index (χ3n) is 4.73. The highest BCUT2D eigenvalue weighted by molar-refractivity contribution is 6.43. The lowest BCUT2D eigenvalue weighted by molar-refractivity contribution is -0.165. The first-order valence-electron chi connectivity index (χ1n) is 8.16. The van der Waals surface area contributed by atoms with Gasteiger partial charge in [0.2, 0.25) is 0 Å². The fourth-order valence-corrected chi connectivity index (χ4v) is 3.81. The Morgan fingerprint density at radius 3 is 1.68 bits per heavy atom. The fraction of sp³-hybridized carbons (Fsp3) is 0.812. The minimum atomic E-state index is -4.90. The molecule has 0 unspecified atom stereocenters. The van der Waals surface area contributed by atoms with Crippen LogP contribution in [0.25, 0.3) is 0 Å². The molecule has 0 aliphatic heterocycles. The molecule has 0 aromatic heterocycles. The van der Waals surface area contributed by atoms with Crippen LogP contribution in [0.2, 0.25) is 0 Å². The average Bonchev–Trinajstić information content (AvgIpc) is 2.52. The Kier molecular flexibility index (Phi) is 6.18. The molecule has 2 nitrogen and oxygen atoms in total. The molecule has 2 fully saturated rings. The summed E-state index contributed by atoms with van der Waals surface area (Å²) in [5, 5.41) is -0.705. The molecule has 2 saturated carbocycles. The Labute approximate surface area is 134 Å². The standard InChI is InChI=1S/C16H23ClF3NO/c17-14(15(22)16(18,19)20)11-21(12-7-3-1-4-8-12)13-9-5-2-6-10-13/h11-13H,1-10H2. The molecule has 2 aliphatic rings. The number of carbonyl (C=O) groups is 1. The summed E-state index contributed by atoms with van der Waals surface area (Å²) >= 11 is 5.70. The number of Topliss-reactive ketones (excluding diaryl/α,β-unsaturated/α-hetero) is 1. The van der Waals surface area contributed by atoms with Crippen LogP contribution in [0.3, 0.4) is 0 Å². The highest BCUT2D eigenvalue weighted by atomic mass is 35.5. The molecule has 2 aliphatic carbocycles. The predicted octanol–water partition coefficient (Wildman–Crippen LogP) is 5.17. The molecule has 0 radical (unpaired) electrons. The van der Waals surface area contributed by atoms with Crippen LogP contribution >= 0.6 is 11.6 Å². The van der Waals surface area contributed by atoms with E-state index in [2.05, 4.69) is 0 Å². The smallest absolute Gasteiger partial charge is 0.370 e. The molecule has 0 saturated heterocycles. The molecule has 0 atom stereocenters. The maximum Gasteiger partial charge on any atom is 0.455 e. The molecule has 6 heteroatoms. The molecule has 126 valence electrons. The summed E-state index contributed by atoms with van der Waals surface area (Å²) in [4.78, 5) is 13.3. The van der Waals surface area contributed by atoms with Gasteiger partial charge < -0.3 is 4.90 Å². The summed E-state index contributed by atoms with van der Waals surface area (Å²) in [6, 6.07) is 0.429. The number of ketones is 1. The van der Waals surface area contributed by atoms with Gasteiger partial charge in [0, 0.05) is 18.3 Å². The van der Waals surface area contributed by atoms with E-state index in [1.165, 1.54) is 19.0 Å². The summed E-state index contributed by atoms with van der Waals surface area (Å²) < 4.78 is 37.6. The Hall–Kier alpha value is -0.710. The topological polar surface area (TPSA) is 20.3 Å². The highest BCUT2D eigenvalue weighted by Gasteiger charge is 2.41. The van der Waals surface area contributed by atoms with Crippen LogP contribution < -0.4 is 0 Å². The van der Waals surface area contributed by atoms with Crippen molar-refractivity contribution in [2.75, 3.05) is 0 Å². The number of carbonyl (C=O) groups excluding carboxylic acids is 1. The number of allylic oxidation sites excluding steroid dienone is 1. The molecule has 0 spiro atoms. The number of hydrogen-bond donors (Lipinski definition) is 0. The van der Waals surface area contributed by atoms with Crippen LogP contribution in [0.4, 0.5) is 13.2 Å². The van der Waals surface area contributed by atoms with Crippen molar-refractivity contribution < 1.29 is 18.0 Å². The monoisotopic (exact) mass is 337 g/mol. The van der Waals surface area contributed by atoms with E-state index in [0.717, 1.165) is 51.4 Å². The summed E-state index contributed by atoms with van der Waals surface area (Å²) in [7, 11) is 0. The van der Waals surface area contributed by atoms with Gasteiger partial charge >= 0.3 is 6.18 Å². The van der Waals surface area contributed by atoms with Crippen molar-refractivity contribution in [1.82, 2.24) is 4.90 Å². The number of rotatable bonds is 4. The summed E-state index contributed by atoms with van der Waals surface area (Å²) in [6.07, 6.45) is 6.96. The summed E-state index contributed by atoms with van der Waals surface area (Å²) in [5.41, 5.74) is 0. The van der Waals surface area contributed by atoms with Crippen LogP contribution in [-0.4, -0.2) is 28.9 Å². The van der Waals surface area contributed by atoms with E-state index in [-0.39, 0.29) is 12.1 Å². The zero-order chi connectivity index (χ0) is 16.2. The van der Waals surface area contributed by atoms with Crippen molar-refractivity contribution in [1.29, 1.82) is 0 Å². The fourth-order valence-electron chi connectivity index (χ4n) is 3.59. The van der Waals surface area contributed by atoms with Crippen LogP contribution in [0.5, 0.6) is 0 Å². The predicted molar refractivity (Wildman–Crippen MR) is 80.6 cm³/mol. The first-order chi connectivity index (χ1) is 10.4. The Morgan fingerprint density at radius 1 is 0.909 bits per heavy atom. The van der Waals surface area contributed by atoms with E-state index in [1.807, 2.05) is 4.90 Å². The van der Waals surface area contributed by atoms with Gasteiger partial charge in [-0.25, -0.2) is 0 Å². The highest BCUT2D eigenvalue weighted by Crippen LogP contribution is 2.32. The van der Waals surface area contributed by atoms with Gasteiger partial charge in [0.25, 0.3) is 5.78 Å². The Morgan fingerprint density at radius 2 is 1.32 bits per heavy atom. The molecule has 22 heavy (non-hydrogen) atoms. The van der Waals surface area contributed by atoms with Crippen LogP contribution in [-0.2, 0) is 4.79 Å². The third kappa shape index (κ3) is 4.64. The second-order valence-corrected chi connectivity index (χ2v) is 6.74. The SMILES string of the molecule is O=C(C(Cl)=CN(C1CCCCC1)C1CCCCC1)C(F)(F)F. The Bertz CT molecular complexity index is 392. The average molecular weight is 338 g/mol. The second kappa shape index (κ2) is 7.71. The zero-order valence-corrected chi connectivity index (χ0v) is 13.4. The van der Waals surface area contributed by atoms with Crippen molar-refractivity contribution in [3.63, 3.8) is 0 Å². The van der Waals surface area contributed by atoms with Crippen LogP contribution in [0.1, 0.15) is 64.2 Å². The van der Waals surface area contributed by atoms with Gasteiger partial charge in [-0.1, -0.05) is 50.1 Å². The molecular weight excluding hydrogens is 315 g/mol. The maximum atomic E-state index is 12.5. The minimum Gasteiger partial charge on any atom is -0.370 e. The molecule has 0 N–H and O–H groups in total. The maximum absolute atomic E-state index is 12.5. The molecule has 0 heterocycles. The zero-order valence-electron chi connectivity index (χ0n) is 12.7. The van der Waals surface area contributed by atoms with Crippen molar-refractivity contribution in [2.45, 2.75) is 82.5 Å². The van der Waals surface area contributed by atoms with Gasteiger partial charge in [-0.05, 0) is 25.7 Å². The number of nitrogens with zero attached hydrogens (tertiary/aromatic N) is 1. The first-order valence-corrected chi connectivity index (χ1v) is 8.53. The van der Waals surface area contributed by atoms with Crippen LogP contribution in [0.15, 0.2) is 11.2 Å². The lowest BCUT2D eigenvalue weighted by Gasteiger charge is -2.41. The van der Waals surface area contributed by atoms with Crippen LogP contribution in [0, 0.1) is 0 Å². The quantitative estimate of drug-likeness (QED) is 0.660. The van der Waals surface area contributed by atoms with Crippen molar-refractivity contribution in [3.05, 3.63) is 11.2 Å². The number of alkyl halides is 3. The van der Waals surface area contributed by atoms with E-state index < -0.39 is 17.0 Å². The van der Waals surface area contributed by atoms with Gasteiger partial charge in [0.15, 0.2) is 0 Å². The van der Waals surface area contributed by atoms with Crippen molar-refractivity contribution in [2.24, 2.45) is 0 Å². The molecule has 0 aromatic rings. The van der Waals surface area contributed by atoms with Gasteiger partial charge in [0.05, 0.1) is 0 Å². The van der Waals surface area contributed by atoms with Gasteiger partial charge in [0.1, 0.15) is 5.03 Å². The summed E-state index contributed by atoms with van der Waals surface area (Å²) in [6.45, 7) is 0. The van der Waals surface area contributed by atoms with E-state index in [4.69, 9.17) is 11.6 Å². The second-order valence-electron chi connectivity index (χ2n) is 6.33. The van der Waals surface area contributed by atoms with Gasteiger partial charge in [-0.2, -0.15) is 13.2 Å². The third-order valence-corrected chi connectivity index (χ3v) is 5.00. The van der Waals surface area contributed by atoms with Gasteiger partial charge in [-0.15, -0.1) is 0 Å². The van der Waals surface area contributed by atoms with Gasteiger partial charge in [-0.3, -0.25) is 4.79 Å². The van der Waals surface area contributed by atoms with E-state index in [9.17, 15) is 18.0 Å². The Balaban J connectivity index is 2.17. The molecule has 0 amide bonds. The first kappa shape index (κ1) is 17.6. The largest absolute Gasteiger partial charge is 0.455 e. The lowest BCUT2D eigenvalue weighted by atomic mass is 9.89. The van der Waals surface area contributed by atoms with E-state index >= 15 is 0 Å². The van der Waals surface area contributed by atoms with E-state index in [1.54, 1.807) is 0 Å².